The molecule has 0 bridgehead atoms. The average Bonchev–Trinajstić information content (AvgIpc) is 2.81. The fourth-order valence-electron chi connectivity index (χ4n) is 3.12. The maximum Gasteiger partial charge on any atom is 0.255 e. The van der Waals surface area contributed by atoms with Crippen molar-refractivity contribution < 1.29 is 9.53 Å². The Balaban J connectivity index is 1.75. The summed E-state index contributed by atoms with van der Waals surface area (Å²) in [7, 11) is 0. The molecule has 1 aromatic rings. The molecule has 0 saturated carbocycles. The number of hydrogen-bond acceptors (Lipinski definition) is 4. The lowest BCUT2D eigenvalue weighted by Crippen LogP contribution is -2.50. The molecular weight excluding hydrogens is 423 g/mol. The number of halogens is 1. The average molecular weight is 446 g/mol. The zero-order valence-corrected chi connectivity index (χ0v) is 16.2. The molecular formula is C17H23IN2O2S. The van der Waals surface area contributed by atoms with Crippen molar-refractivity contribution in [2.45, 2.75) is 12.5 Å². The van der Waals surface area contributed by atoms with Crippen molar-refractivity contribution >= 4 is 40.3 Å². The maximum absolute atomic E-state index is 13.1. The number of morpholine rings is 1. The van der Waals surface area contributed by atoms with E-state index in [0.29, 0.717) is 6.04 Å². The third-order valence-electron chi connectivity index (χ3n) is 4.38. The molecule has 0 aromatic heterocycles. The molecule has 126 valence electrons. The van der Waals surface area contributed by atoms with Gasteiger partial charge in [-0.3, -0.25) is 9.69 Å². The van der Waals surface area contributed by atoms with Crippen molar-refractivity contribution in [3.63, 3.8) is 0 Å². The first-order valence-corrected chi connectivity index (χ1v) is 10.4. The van der Waals surface area contributed by atoms with Crippen molar-refractivity contribution in [2.75, 3.05) is 50.9 Å². The Morgan fingerprint density at radius 2 is 2.04 bits per heavy atom. The molecule has 2 saturated heterocycles. The van der Waals surface area contributed by atoms with Gasteiger partial charge in [-0.25, -0.2) is 0 Å². The van der Waals surface area contributed by atoms with Gasteiger partial charge in [-0.2, -0.15) is 11.8 Å². The normalized spacial score (nSPS) is 23.5. The van der Waals surface area contributed by atoms with Crippen LogP contribution in [0, 0.1) is 3.57 Å². The van der Waals surface area contributed by atoms with Gasteiger partial charge < -0.3 is 9.64 Å². The van der Waals surface area contributed by atoms with Crippen LogP contribution >= 0.6 is 34.4 Å². The van der Waals surface area contributed by atoms with Gasteiger partial charge in [0, 0.05) is 35.5 Å². The molecule has 1 aromatic carbocycles. The highest BCUT2D eigenvalue weighted by Gasteiger charge is 2.29. The minimum absolute atomic E-state index is 0.191. The maximum atomic E-state index is 13.1. The van der Waals surface area contributed by atoms with E-state index in [1.807, 2.05) is 36.0 Å². The lowest BCUT2D eigenvalue weighted by molar-refractivity contribution is 0.0245. The molecule has 2 aliphatic rings. The van der Waals surface area contributed by atoms with Gasteiger partial charge in [0.25, 0.3) is 5.91 Å². The molecule has 4 nitrogen and oxygen atoms in total. The van der Waals surface area contributed by atoms with Crippen LogP contribution in [0.3, 0.4) is 0 Å². The third kappa shape index (κ3) is 4.61. The van der Waals surface area contributed by atoms with E-state index in [2.05, 4.69) is 32.4 Å². The Bertz CT molecular complexity index is 537. The summed E-state index contributed by atoms with van der Waals surface area (Å²) < 4.78 is 6.48. The minimum atomic E-state index is 0.191. The van der Waals surface area contributed by atoms with Gasteiger partial charge in [-0.15, -0.1) is 0 Å². The van der Waals surface area contributed by atoms with Crippen molar-refractivity contribution in [3.05, 3.63) is 33.4 Å². The largest absolute Gasteiger partial charge is 0.379 e. The van der Waals surface area contributed by atoms with Crippen molar-refractivity contribution in [1.82, 2.24) is 9.80 Å². The van der Waals surface area contributed by atoms with Crippen LogP contribution in [0.5, 0.6) is 0 Å². The number of nitrogens with zero attached hydrogens (tertiary/aromatic N) is 2. The molecule has 0 N–H and O–H groups in total. The van der Waals surface area contributed by atoms with Crippen LogP contribution in [0.1, 0.15) is 16.8 Å². The predicted octanol–water partition coefficient (Wildman–Crippen LogP) is 2.57. The van der Waals surface area contributed by atoms with E-state index in [-0.39, 0.29) is 5.91 Å². The minimum Gasteiger partial charge on any atom is -0.379 e. The summed E-state index contributed by atoms with van der Waals surface area (Å²) in [5.41, 5.74) is 0.840. The lowest BCUT2D eigenvalue weighted by Gasteiger charge is -2.35. The van der Waals surface area contributed by atoms with Gasteiger partial charge in [-0.1, -0.05) is 12.1 Å². The first-order chi connectivity index (χ1) is 11.3. The first kappa shape index (κ1) is 17.5. The first-order valence-electron chi connectivity index (χ1n) is 8.19. The summed E-state index contributed by atoms with van der Waals surface area (Å²) in [4.78, 5) is 17.7. The molecule has 2 fully saturated rings. The second-order valence-corrected chi connectivity index (χ2v) is 8.29. The zero-order valence-electron chi connectivity index (χ0n) is 13.2. The smallest absolute Gasteiger partial charge is 0.255 e. The number of carbonyl (C=O) groups excluding carboxylic acids is 1. The fourth-order valence-corrected chi connectivity index (χ4v) is 4.79. The van der Waals surface area contributed by atoms with Gasteiger partial charge in [0.15, 0.2) is 0 Å². The Hall–Kier alpha value is -0.310. The van der Waals surface area contributed by atoms with E-state index in [9.17, 15) is 4.79 Å². The summed E-state index contributed by atoms with van der Waals surface area (Å²) in [6, 6.07) is 8.20. The summed E-state index contributed by atoms with van der Waals surface area (Å²) >= 11 is 4.24. The molecule has 2 heterocycles. The van der Waals surface area contributed by atoms with Gasteiger partial charge in [-0.05, 0) is 46.9 Å². The number of thioether (sulfide) groups is 1. The predicted molar refractivity (Wildman–Crippen MR) is 103 cm³/mol. The van der Waals surface area contributed by atoms with Crippen LogP contribution in [0.4, 0.5) is 0 Å². The van der Waals surface area contributed by atoms with E-state index in [1.165, 1.54) is 0 Å². The molecule has 3 rings (SSSR count). The molecule has 6 heteroatoms. The van der Waals surface area contributed by atoms with E-state index in [4.69, 9.17) is 4.74 Å². The monoisotopic (exact) mass is 446 g/mol. The Morgan fingerprint density at radius 1 is 1.26 bits per heavy atom. The summed E-state index contributed by atoms with van der Waals surface area (Å²) in [5, 5.41) is 0. The van der Waals surface area contributed by atoms with E-state index in [1.54, 1.807) is 0 Å². The molecule has 0 aliphatic carbocycles. The Kier molecular flexibility index (Phi) is 6.62. The standard InChI is InChI=1S/C17H23IN2O2S/c18-16-5-2-1-4-15(16)17(21)20-6-3-11-23-13-14(20)12-19-7-9-22-10-8-19/h1-2,4-5,14H,3,6-13H2. The molecule has 23 heavy (non-hydrogen) atoms. The number of ether oxygens (including phenoxy) is 1. The zero-order chi connectivity index (χ0) is 16.1. The van der Waals surface area contributed by atoms with Crippen LogP contribution in [0.15, 0.2) is 24.3 Å². The molecule has 0 spiro atoms. The van der Waals surface area contributed by atoms with Crippen LogP contribution in [0.2, 0.25) is 0 Å². The number of carbonyl (C=O) groups is 1. The number of benzene rings is 1. The molecule has 0 radical (unpaired) electrons. The number of hydrogen-bond donors (Lipinski definition) is 0. The van der Waals surface area contributed by atoms with E-state index < -0.39 is 0 Å². The summed E-state index contributed by atoms with van der Waals surface area (Å²) in [6.45, 7) is 5.41. The van der Waals surface area contributed by atoms with E-state index >= 15 is 0 Å². The molecule has 2 aliphatic heterocycles. The molecule has 1 unspecified atom stereocenters. The van der Waals surface area contributed by atoms with Gasteiger partial charge >= 0.3 is 0 Å². The third-order valence-corrected chi connectivity index (χ3v) is 6.51. The van der Waals surface area contributed by atoms with Gasteiger partial charge in [0.05, 0.1) is 24.8 Å². The van der Waals surface area contributed by atoms with Crippen molar-refractivity contribution in [3.8, 4) is 0 Å². The summed E-state index contributed by atoms with van der Waals surface area (Å²) in [6.07, 6.45) is 1.08. The van der Waals surface area contributed by atoms with Crippen molar-refractivity contribution in [1.29, 1.82) is 0 Å². The quantitative estimate of drug-likeness (QED) is 0.669. The summed E-state index contributed by atoms with van der Waals surface area (Å²) in [5.74, 6) is 2.37. The topological polar surface area (TPSA) is 32.8 Å². The van der Waals surface area contributed by atoms with Crippen molar-refractivity contribution in [2.24, 2.45) is 0 Å². The van der Waals surface area contributed by atoms with Gasteiger partial charge in [0.1, 0.15) is 0 Å². The Labute approximate surface area is 156 Å². The highest BCUT2D eigenvalue weighted by molar-refractivity contribution is 14.1. The number of amides is 1. The van der Waals surface area contributed by atoms with Crippen LogP contribution in [-0.2, 0) is 4.74 Å². The van der Waals surface area contributed by atoms with Gasteiger partial charge in [0.2, 0.25) is 0 Å². The van der Waals surface area contributed by atoms with Crippen LogP contribution in [-0.4, -0.2) is 72.6 Å². The SMILES string of the molecule is O=C(c1ccccc1I)N1CCCSCC1CN1CCOCC1. The second-order valence-electron chi connectivity index (χ2n) is 5.97. The molecule has 1 amide bonds. The highest BCUT2D eigenvalue weighted by atomic mass is 127. The lowest BCUT2D eigenvalue weighted by atomic mass is 10.1. The second kappa shape index (κ2) is 8.69. The van der Waals surface area contributed by atoms with Crippen LogP contribution < -0.4 is 0 Å². The number of rotatable bonds is 3. The fraction of sp³-hybridized carbons (Fsp3) is 0.588. The Morgan fingerprint density at radius 3 is 2.83 bits per heavy atom. The van der Waals surface area contributed by atoms with E-state index in [0.717, 1.165) is 66.5 Å². The molecule has 1 atom stereocenters. The van der Waals surface area contributed by atoms with Crippen LogP contribution in [0.25, 0.3) is 0 Å². The highest BCUT2D eigenvalue weighted by Crippen LogP contribution is 2.22.